The molecule has 0 spiro atoms. The highest BCUT2D eigenvalue weighted by molar-refractivity contribution is 5.93. The minimum absolute atomic E-state index is 0.0131. The van der Waals surface area contributed by atoms with Crippen LogP contribution in [0.3, 0.4) is 0 Å². The molecule has 6 heteroatoms. The van der Waals surface area contributed by atoms with E-state index in [1.807, 2.05) is 73.7 Å². The second-order valence-electron chi connectivity index (χ2n) is 8.56. The maximum absolute atomic E-state index is 13.0. The van der Waals surface area contributed by atoms with Crippen LogP contribution in [0.4, 0.5) is 0 Å². The fourth-order valence-corrected chi connectivity index (χ4v) is 3.80. The number of ether oxygens (including phenoxy) is 1. The van der Waals surface area contributed by atoms with Gasteiger partial charge in [-0.05, 0) is 44.0 Å². The molecule has 3 aromatic carbocycles. The van der Waals surface area contributed by atoms with Gasteiger partial charge < -0.3 is 14.6 Å². The number of aliphatic hydroxyl groups is 1. The van der Waals surface area contributed by atoms with Gasteiger partial charge in [0.15, 0.2) is 0 Å². The van der Waals surface area contributed by atoms with Crippen molar-refractivity contribution < 1.29 is 14.6 Å². The van der Waals surface area contributed by atoms with Crippen LogP contribution in [0, 0.1) is 6.92 Å². The third kappa shape index (κ3) is 5.58. The molecule has 6 nitrogen and oxygen atoms in total. The Morgan fingerprint density at radius 2 is 1.68 bits per heavy atom. The highest BCUT2D eigenvalue weighted by atomic mass is 16.5. The van der Waals surface area contributed by atoms with Crippen LogP contribution in [0.5, 0.6) is 5.75 Å². The van der Waals surface area contributed by atoms with Crippen molar-refractivity contribution in [3.63, 3.8) is 0 Å². The van der Waals surface area contributed by atoms with Gasteiger partial charge in [0, 0.05) is 17.4 Å². The van der Waals surface area contributed by atoms with Crippen LogP contribution in [0.2, 0.25) is 0 Å². The summed E-state index contributed by atoms with van der Waals surface area (Å²) in [6, 6.07) is 22.8. The van der Waals surface area contributed by atoms with E-state index in [2.05, 4.69) is 5.10 Å². The van der Waals surface area contributed by atoms with Gasteiger partial charge in [0.1, 0.15) is 24.2 Å². The molecule has 0 bridgehead atoms. The molecule has 0 saturated heterocycles. The van der Waals surface area contributed by atoms with E-state index in [1.165, 1.54) is 4.68 Å². The van der Waals surface area contributed by atoms with Gasteiger partial charge in [-0.3, -0.25) is 4.79 Å². The number of Topliss-reactive ketones (excluding diaryl/α,β-unsaturated/α-hetero) is 1. The van der Waals surface area contributed by atoms with E-state index in [9.17, 15) is 14.7 Å². The van der Waals surface area contributed by atoms with Crippen LogP contribution in [0.15, 0.2) is 77.6 Å². The molecule has 0 saturated carbocycles. The summed E-state index contributed by atoms with van der Waals surface area (Å²) in [5, 5.41) is 16.5. The first-order chi connectivity index (χ1) is 16.4. The van der Waals surface area contributed by atoms with Gasteiger partial charge in [0.2, 0.25) is 0 Å². The number of ketones is 1. The van der Waals surface area contributed by atoms with Crippen molar-refractivity contribution in [1.82, 2.24) is 9.78 Å². The molecular weight excluding hydrogens is 428 g/mol. The molecule has 1 unspecified atom stereocenters. The monoisotopic (exact) mass is 456 g/mol. The summed E-state index contributed by atoms with van der Waals surface area (Å²) in [4.78, 5) is 24.2. The van der Waals surface area contributed by atoms with Gasteiger partial charge in [0.25, 0.3) is 5.56 Å². The first-order valence-electron chi connectivity index (χ1n) is 11.4. The summed E-state index contributed by atoms with van der Waals surface area (Å²) < 4.78 is 7.03. The SMILES string of the molecule is CC(=O)CCc1ccc(OCC(O)Cn2nc(-c3ccc(C)cc3)c3ccccc3c2=O)cc1. The van der Waals surface area contributed by atoms with E-state index in [4.69, 9.17) is 4.74 Å². The Kier molecular flexibility index (Phi) is 7.18. The minimum atomic E-state index is -0.922. The molecule has 1 N–H and O–H groups in total. The smallest absolute Gasteiger partial charge is 0.274 e. The number of hydrogen-bond acceptors (Lipinski definition) is 5. The Balaban J connectivity index is 1.50. The summed E-state index contributed by atoms with van der Waals surface area (Å²) in [7, 11) is 0. The topological polar surface area (TPSA) is 81.4 Å². The lowest BCUT2D eigenvalue weighted by atomic mass is 10.0. The Hall–Kier alpha value is -3.77. The zero-order valence-corrected chi connectivity index (χ0v) is 19.4. The minimum Gasteiger partial charge on any atom is -0.491 e. The van der Waals surface area contributed by atoms with Gasteiger partial charge >= 0.3 is 0 Å². The van der Waals surface area contributed by atoms with Crippen LogP contribution in [0.25, 0.3) is 22.0 Å². The van der Waals surface area contributed by atoms with Crippen LogP contribution < -0.4 is 10.3 Å². The zero-order chi connectivity index (χ0) is 24.1. The predicted octanol–water partition coefficient (Wildman–Crippen LogP) is 4.33. The molecule has 0 aliphatic heterocycles. The fraction of sp³-hybridized carbons (Fsp3) is 0.250. The van der Waals surface area contributed by atoms with Crippen molar-refractivity contribution in [1.29, 1.82) is 0 Å². The summed E-state index contributed by atoms with van der Waals surface area (Å²) in [6.07, 6.45) is 0.282. The summed E-state index contributed by atoms with van der Waals surface area (Å²) in [6.45, 7) is 3.64. The second-order valence-corrected chi connectivity index (χ2v) is 8.56. The zero-order valence-electron chi connectivity index (χ0n) is 19.4. The molecule has 4 rings (SSSR count). The molecule has 1 aromatic heterocycles. The standard InChI is InChI=1S/C28H28N2O4/c1-19-7-13-22(14-8-19)27-25-5-3-4-6-26(25)28(33)30(29-27)17-23(32)18-34-24-15-11-21(12-16-24)10-9-20(2)31/h3-8,11-16,23,32H,9-10,17-18H2,1-2H3. The molecule has 0 aliphatic carbocycles. The number of nitrogens with zero attached hydrogens (tertiary/aromatic N) is 2. The van der Waals surface area contributed by atoms with Crippen molar-refractivity contribution in [3.05, 3.63) is 94.3 Å². The van der Waals surface area contributed by atoms with Crippen LogP contribution in [0.1, 0.15) is 24.5 Å². The molecular formula is C28H28N2O4. The predicted molar refractivity (Wildman–Crippen MR) is 133 cm³/mol. The average molecular weight is 457 g/mol. The maximum Gasteiger partial charge on any atom is 0.274 e. The molecule has 34 heavy (non-hydrogen) atoms. The van der Waals surface area contributed by atoms with E-state index >= 15 is 0 Å². The molecule has 1 atom stereocenters. The summed E-state index contributed by atoms with van der Waals surface area (Å²) in [5.41, 5.74) is 3.55. The normalized spacial score (nSPS) is 12.0. The van der Waals surface area contributed by atoms with Crippen molar-refractivity contribution in [2.45, 2.75) is 39.3 Å². The number of aromatic nitrogens is 2. The lowest BCUT2D eigenvalue weighted by molar-refractivity contribution is -0.116. The van der Waals surface area contributed by atoms with E-state index in [-0.39, 0.29) is 24.5 Å². The van der Waals surface area contributed by atoms with Crippen molar-refractivity contribution in [2.75, 3.05) is 6.61 Å². The summed E-state index contributed by atoms with van der Waals surface area (Å²) >= 11 is 0. The number of hydrogen-bond donors (Lipinski definition) is 1. The quantitative estimate of drug-likeness (QED) is 0.405. The molecule has 0 amide bonds. The Morgan fingerprint density at radius 3 is 2.35 bits per heavy atom. The Bertz CT molecular complexity index is 1340. The molecule has 0 radical (unpaired) electrons. The number of benzene rings is 3. The highest BCUT2D eigenvalue weighted by Crippen LogP contribution is 2.25. The van der Waals surface area contributed by atoms with Gasteiger partial charge in [-0.2, -0.15) is 5.10 Å². The Morgan fingerprint density at radius 1 is 1.00 bits per heavy atom. The van der Waals surface area contributed by atoms with Gasteiger partial charge in [-0.15, -0.1) is 0 Å². The molecule has 0 aliphatic rings. The number of aliphatic hydroxyl groups excluding tert-OH is 1. The number of rotatable bonds is 9. The Labute approximate surface area is 198 Å². The van der Waals surface area contributed by atoms with Gasteiger partial charge in [-0.25, -0.2) is 4.68 Å². The largest absolute Gasteiger partial charge is 0.491 e. The van der Waals surface area contributed by atoms with E-state index in [1.54, 1.807) is 13.0 Å². The van der Waals surface area contributed by atoms with Crippen molar-refractivity contribution >= 4 is 16.6 Å². The number of carbonyl (C=O) groups is 1. The van der Waals surface area contributed by atoms with Gasteiger partial charge in [-0.1, -0.05) is 60.2 Å². The lowest BCUT2D eigenvalue weighted by Gasteiger charge is -2.16. The highest BCUT2D eigenvalue weighted by Gasteiger charge is 2.15. The lowest BCUT2D eigenvalue weighted by Crippen LogP contribution is -2.32. The van der Waals surface area contributed by atoms with Crippen LogP contribution >= 0.6 is 0 Å². The molecule has 1 heterocycles. The average Bonchev–Trinajstić information content (AvgIpc) is 2.84. The first kappa shape index (κ1) is 23.4. The number of carbonyl (C=O) groups excluding carboxylic acids is 1. The number of fused-ring (bicyclic) bond motifs is 1. The molecule has 4 aromatic rings. The van der Waals surface area contributed by atoms with Gasteiger partial charge in [0.05, 0.1) is 17.6 Å². The first-order valence-corrected chi connectivity index (χ1v) is 11.4. The fourth-order valence-electron chi connectivity index (χ4n) is 3.80. The maximum atomic E-state index is 13.0. The molecule has 0 fully saturated rings. The van der Waals surface area contributed by atoms with Crippen molar-refractivity contribution in [2.24, 2.45) is 0 Å². The third-order valence-electron chi connectivity index (χ3n) is 5.71. The summed E-state index contributed by atoms with van der Waals surface area (Å²) in [5.74, 6) is 0.774. The van der Waals surface area contributed by atoms with Crippen LogP contribution in [-0.4, -0.2) is 33.4 Å². The van der Waals surface area contributed by atoms with Crippen molar-refractivity contribution in [3.8, 4) is 17.0 Å². The third-order valence-corrected chi connectivity index (χ3v) is 5.71. The van der Waals surface area contributed by atoms with Crippen LogP contribution in [-0.2, 0) is 17.8 Å². The van der Waals surface area contributed by atoms with E-state index < -0.39 is 6.10 Å². The van der Waals surface area contributed by atoms with E-state index in [0.717, 1.165) is 22.1 Å². The van der Waals surface area contributed by atoms with E-state index in [0.29, 0.717) is 29.7 Å². The number of aryl methyl sites for hydroxylation is 2. The second kappa shape index (κ2) is 10.4. The molecule has 174 valence electrons.